The number of hydrogen-bond donors (Lipinski definition) is 1. The van der Waals surface area contributed by atoms with Crippen molar-refractivity contribution >= 4 is 11.0 Å². The molecule has 2 heterocycles. The Kier molecular flexibility index (Phi) is 2.63. The number of nitrogens with one attached hydrogen (secondary N) is 1. The molecule has 0 spiro atoms. The maximum Gasteiger partial charge on any atom is 0.113 e. The van der Waals surface area contributed by atoms with Gasteiger partial charge in [-0.15, -0.1) is 0 Å². The summed E-state index contributed by atoms with van der Waals surface area (Å²) in [7, 11) is 0. The third-order valence-electron chi connectivity index (χ3n) is 3.70. The zero-order valence-electron chi connectivity index (χ0n) is 10.4. The summed E-state index contributed by atoms with van der Waals surface area (Å²) in [4.78, 5) is 8.14. The van der Waals surface area contributed by atoms with Gasteiger partial charge < -0.3 is 9.72 Å². The van der Waals surface area contributed by atoms with E-state index in [1.165, 1.54) is 5.56 Å². The molecule has 2 atom stereocenters. The predicted molar refractivity (Wildman–Crippen MR) is 68.2 cm³/mol. The van der Waals surface area contributed by atoms with Crippen molar-refractivity contribution in [2.75, 3.05) is 6.61 Å². The van der Waals surface area contributed by atoms with Gasteiger partial charge in [0.25, 0.3) is 0 Å². The molecular formula is C14H18N2O. The van der Waals surface area contributed by atoms with Crippen molar-refractivity contribution in [2.24, 2.45) is 0 Å². The number of aromatic amines is 1. The molecule has 3 rings (SSSR count). The zero-order valence-corrected chi connectivity index (χ0v) is 10.4. The second kappa shape index (κ2) is 4.15. The first-order valence-electron chi connectivity index (χ1n) is 6.38. The van der Waals surface area contributed by atoms with Crippen molar-refractivity contribution in [1.29, 1.82) is 0 Å². The third-order valence-corrected chi connectivity index (χ3v) is 3.70. The van der Waals surface area contributed by atoms with Gasteiger partial charge in [0.1, 0.15) is 5.82 Å². The number of aromatic nitrogens is 2. The van der Waals surface area contributed by atoms with Gasteiger partial charge in [-0.2, -0.15) is 0 Å². The first-order valence-corrected chi connectivity index (χ1v) is 6.38. The molecule has 3 heteroatoms. The van der Waals surface area contributed by atoms with E-state index in [1.807, 2.05) is 0 Å². The van der Waals surface area contributed by atoms with Crippen LogP contribution in [0.15, 0.2) is 18.2 Å². The molecule has 0 aliphatic carbocycles. The summed E-state index contributed by atoms with van der Waals surface area (Å²) in [5.74, 6) is 1.51. The summed E-state index contributed by atoms with van der Waals surface area (Å²) in [5, 5.41) is 0. The van der Waals surface area contributed by atoms with Gasteiger partial charge in [-0.1, -0.05) is 13.0 Å². The molecule has 1 N–H and O–H groups in total. The highest BCUT2D eigenvalue weighted by atomic mass is 16.5. The van der Waals surface area contributed by atoms with Crippen LogP contribution in [0.5, 0.6) is 0 Å². The van der Waals surface area contributed by atoms with E-state index in [0.29, 0.717) is 5.92 Å². The molecule has 0 saturated carbocycles. The fourth-order valence-electron chi connectivity index (χ4n) is 2.56. The number of hydrogen-bond acceptors (Lipinski definition) is 2. The average Bonchev–Trinajstić information content (AvgIpc) is 2.93. The molecule has 1 fully saturated rings. The number of H-pyrrole nitrogens is 1. The average molecular weight is 230 g/mol. The summed E-state index contributed by atoms with van der Waals surface area (Å²) in [5.41, 5.74) is 3.57. The van der Waals surface area contributed by atoms with Crippen LogP contribution in [0.1, 0.15) is 37.6 Å². The Morgan fingerprint density at radius 2 is 2.35 bits per heavy atom. The van der Waals surface area contributed by atoms with Gasteiger partial charge in [0, 0.05) is 12.5 Å². The number of benzene rings is 1. The molecular weight excluding hydrogens is 212 g/mol. The molecule has 1 aromatic carbocycles. The molecule has 17 heavy (non-hydrogen) atoms. The normalized spacial score (nSPS) is 24.6. The fraction of sp³-hybridized carbons (Fsp3) is 0.500. The molecule has 0 radical (unpaired) electrons. The van der Waals surface area contributed by atoms with Gasteiger partial charge in [0.2, 0.25) is 0 Å². The third kappa shape index (κ3) is 1.84. The van der Waals surface area contributed by atoms with E-state index >= 15 is 0 Å². The van der Waals surface area contributed by atoms with Gasteiger partial charge in [-0.3, -0.25) is 0 Å². The van der Waals surface area contributed by atoms with E-state index in [0.717, 1.165) is 36.3 Å². The van der Waals surface area contributed by atoms with Gasteiger partial charge in [0.15, 0.2) is 0 Å². The first kappa shape index (κ1) is 10.8. The lowest BCUT2D eigenvalue weighted by atomic mass is 10.0. The highest BCUT2D eigenvalue weighted by Gasteiger charge is 2.28. The van der Waals surface area contributed by atoms with E-state index < -0.39 is 0 Å². The lowest BCUT2D eigenvalue weighted by molar-refractivity contribution is 0.117. The Labute approximate surface area is 101 Å². The summed E-state index contributed by atoms with van der Waals surface area (Å²) in [6, 6.07) is 6.46. The molecule has 90 valence electrons. The van der Waals surface area contributed by atoms with Crippen LogP contribution in [0.25, 0.3) is 11.0 Å². The van der Waals surface area contributed by atoms with Gasteiger partial charge in [0.05, 0.1) is 17.1 Å². The van der Waals surface area contributed by atoms with Crippen LogP contribution in [-0.2, 0) is 11.2 Å². The molecule has 1 aliphatic rings. The van der Waals surface area contributed by atoms with Crippen molar-refractivity contribution in [3.63, 3.8) is 0 Å². The molecule has 2 unspecified atom stereocenters. The minimum atomic E-state index is 0.279. The Morgan fingerprint density at radius 3 is 3.06 bits per heavy atom. The number of aryl methyl sites for hydroxylation is 1. The highest BCUT2D eigenvalue weighted by molar-refractivity contribution is 5.76. The predicted octanol–water partition coefficient (Wildman–Crippen LogP) is 3.02. The number of rotatable bonds is 2. The number of imidazole rings is 1. The van der Waals surface area contributed by atoms with Crippen LogP contribution in [0.4, 0.5) is 0 Å². The highest BCUT2D eigenvalue weighted by Crippen LogP contribution is 2.30. The summed E-state index contributed by atoms with van der Waals surface area (Å²) in [6.45, 7) is 5.15. The number of fused-ring (bicyclic) bond motifs is 1. The number of ether oxygens (including phenoxy) is 1. The van der Waals surface area contributed by atoms with Crippen LogP contribution in [0.3, 0.4) is 0 Å². The van der Waals surface area contributed by atoms with Gasteiger partial charge in [-0.05, 0) is 37.5 Å². The molecule has 3 nitrogen and oxygen atoms in total. The minimum Gasteiger partial charge on any atom is -0.378 e. The quantitative estimate of drug-likeness (QED) is 0.861. The molecule has 1 saturated heterocycles. The second-order valence-corrected chi connectivity index (χ2v) is 4.80. The summed E-state index contributed by atoms with van der Waals surface area (Å²) in [6.07, 6.45) is 2.41. The summed E-state index contributed by atoms with van der Waals surface area (Å²) < 4.78 is 5.60. The van der Waals surface area contributed by atoms with Crippen molar-refractivity contribution in [3.8, 4) is 0 Å². The topological polar surface area (TPSA) is 37.9 Å². The van der Waals surface area contributed by atoms with E-state index in [4.69, 9.17) is 4.74 Å². The van der Waals surface area contributed by atoms with Crippen LogP contribution in [0, 0.1) is 0 Å². The van der Waals surface area contributed by atoms with Crippen molar-refractivity contribution in [3.05, 3.63) is 29.6 Å². The van der Waals surface area contributed by atoms with E-state index in [1.54, 1.807) is 0 Å². The van der Waals surface area contributed by atoms with Crippen LogP contribution in [0.2, 0.25) is 0 Å². The molecule has 1 aromatic heterocycles. The van der Waals surface area contributed by atoms with Gasteiger partial charge in [-0.25, -0.2) is 4.98 Å². The van der Waals surface area contributed by atoms with E-state index in [9.17, 15) is 0 Å². The maximum atomic E-state index is 5.60. The van der Waals surface area contributed by atoms with Crippen molar-refractivity contribution in [2.45, 2.75) is 38.7 Å². The molecule has 2 aromatic rings. The lowest BCUT2D eigenvalue weighted by Crippen LogP contribution is -2.10. The Hall–Kier alpha value is -1.35. The van der Waals surface area contributed by atoms with Crippen LogP contribution >= 0.6 is 0 Å². The largest absolute Gasteiger partial charge is 0.378 e. The molecule has 0 amide bonds. The van der Waals surface area contributed by atoms with E-state index in [2.05, 4.69) is 42.0 Å². The Morgan fingerprint density at radius 1 is 1.47 bits per heavy atom. The minimum absolute atomic E-state index is 0.279. The lowest BCUT2D eigenvalue weighted by Gasteiger charge is -2.09. The Balaban J connectivity index is 2.01. The van der Waals surface area contributed by atoms with Crippen molar-refractivity contribution in [1.82, 2.24) is 9.97 Å². The SMILES string of the molecule is CCc1ccc2nc(C3CCOC3C)[nH]c2c1. The maximum absolute atomic E-state index is 5.60. The van der Waals surface area contributed by atoms with Gasteiger partial charge >= 0.3 is 0 Å². The molecule has 1 aliphatic heterocycles. The molecule has 0 bridgehead atoms. The van der Waals surface area contributed by atoms with Crippen molar-refractivity contribution < 1.29 is 4.74 Å². The first-order chi connectivity index (χ1) is 8.28. The van der Waals surface area contributed by atoms with Crippen LogP contribution < -0.4 is 0 Å². The Bertz CT molecular complexity index is 532. The smallest absolute Gasteiger partial charge is 0.113 e. The summed E-state index contributed by atoms with van der Waals surface area (Å²) >= 11 is 0. The second-order valence-electron chi connectivity index (χ2n) is 4.80. The number of nitrogens with zero attached hydrogens (tertiary/aromatic N) is 1. The van der Waals surface area contributed by atoms with E-state index in [-0.39, 0.29) is 6.10 Å². The zero-order chi connectivity index (χ0) is 11.8. The monoisotopic (exact) mass is 230 g/mol. The van der Waals surface area contributed by atoms with Crippen LogP contribution in [-0.4, -0.2) is 22.7 Å². The fourth-order valence-corrected chi connectivity index (χ4v) is 2.56. The standard InChI is InChI=1S/C14H18N2O/c1-3-10-4-5-12-13(8-10)16-14(15-12)11-6-7-17-9(11)2/h4-5,8-9,11H,3,6-7H2,1-2H3,(H,15,16).